The van der Waals surface area contributed by atoms with E-state index < -0.39 is 0 Å². The van der Waals surface area contributed by atoms with Gasteiger partial charge in [0.1, 0.15) is 5.01 Å². The fraction of sp³-hybridized carbons (Fsp3) is 0.778. The van der Waals surface area contributed by atoms with Gasteiger partial charge < -0.3 is 10.5 Å². The van der Waals surface area contributed by atoms with Gasteiger partial charge in [0, 0.05) is 5.92 Å². The van der Waals surface area contributed by atoms with Crippen molar-refractivity contribution in [2.24, 2.45) is 5.92 Å². The Morgan fingerprint density at radius 1 is 1.21 bits per heavy atom. The summed E-state index contributed by atoms with van der Waals surface area (Å²) in [4.78, 5) is 0. The maximum atomic E-state index is 5.75. The molecule has 4 nitrogen and oxygen atoms in total. The molecule has 1 fully saturated rings. The van der Waals surface area contributed by atoms with Crippen LogP contribution in [-0.4, -0.2) is 22.4 Å². The zero-order chi connectivity index (χ0) is 10.3. The van der Waals surface area contributed by atoms with Gasteiger partial charge in [0.05, 0.1) is 12.2 Å². The summed E-state index contributed by atoms with van der Waals surface area (Å²) in [6, 6.07) is 0. The summed E-state index contributed by atoms with van der Waals surface area (Å²) < 4.78 is 5.75. The number of hydrogen-bond donors (Lipinski definition) is 1. The van der Waals surface area contributed by atoms with E-state index in [2.05, 4.69) is 31.0 Å². The van der Waals surface area contributed by atoms with Crippen molar-refractivity contribution >= 4 is 16.5 Å². The molecule has 0 spiro atoms. The van der Waals surface area contributed by atoms with Crippen molar-refractivity contribution < 1.29 is 4.74 Å². The minimum Gasteiger partial charge on any atom is -0.375 e. The molecular formula is C9H15N3OS. The standard InChI is InChI=1S/C9H15N3OS/c1-4-5(2)13-6(3)7(4)8-11-12-9(10)14-8/h4-7H,1-3H3,(H2,10,12). The lowest BCUT2D eigenvalue weighted by molar-refractivity contribution is 0.0556. The first-order valence-corrected chi connectivity index (χ1v) is 5.65. The molecule has 1 aromatic heterocycles. The summed E-state index contributed by atoms with van der Waals surface area (Å²) in [5, 5.41) is 9.49. The Morgan fingerprint density at radius 2 is 1.93 bits per heavy atom. The first-order valence-electron chi connectivity index (χ1n) is 4.84. The quantitative estimate of drug-likeness (QED) is 0.770. The van der Waals surface area contributed by atoms with E-state index in [1.54, 1.807) is 0 Å². The van der Waals surface area contributed by atoms with Gasteiger partial charge in [-0.1, -0.05) is 18.3 Å². The first-order chi connectivity index (χ1) is 6.59. The van der Waals surface area contributed by atoms with E-state index in [0.29, 0.717) is 23.1 Å². The molecule has 5 heteroatoms. The third-order valence-electron chi connectivity index (χ3n) is 2.98. The molecule has 4 unspecified atom stereocenters. The number of nitrogen functional groups attached to an aromatic ring is 1. The van der Waals surface area contributed by atoms with Crippen LogP contribution in [0.1, 0.15) is 31.7 Å². The minimum atomic E-state index is 0.215. The lowest BCUT2D eigenvalue weighted by Crippen LogP contribution is -2.14. The molecule has 1 aliphatic heterocycles. The average molecular weight is 213 g/mol. The van der Waals surface area contributed by atoms with Gasteiger partial charge in [0.15, 0.2) is 0 Å². The second kappa shape index (κ2) is 3.47. The summed E-state index contributed by atoms with van der Waals surface area (Å²) >= 11 is 1.47. The Bertz CT molecular complexity index is 328. The van der Waals surface area contributed by atoms with Crippen LogP contribution >= 0.6 is 11.3 Å². The van der Waals surface area contributed by atoms with Gasteiger partial charge in [-0.05, 0) is 19.8 Å². The lowest BCUT2D eigenvalue weighted by atomic mass is 9.90. The molecule has 0 bridgehead atoms. The van der Waals surface area contributed by atoms with E-state index in [4.69, 9.17) is 10.5 Å². The molecule has 1 aliphatic rings. The van der Waals surface area contributed by atoms with Crippen LogP contribution in [0.25, 0.3) is 0 Å². The normalized spacial score (nSPS) is 37.6. The number of anilines is 1. The van der Waals surface area contributed by atoms with Crippen LogP contribution in [0.2, 0.25) is 0 Å². The van der Waals surface area contributed by atoms with E-state index in [-0.39, 0.29) is 6.10 Å². The molecule has 4 atom stereocenters. The fourth-order valence-electron chi connectivity index (χ4n) is 2.07. The number of hydrogen-bond acceptors (Lipinski definition) is 5. The van der Waals surface area contributed by atoms with Crippen molar-refractivity contribution in [3.8, 4) is 0 Å². The Kier molecular flexibility index (Phi) is 2.45. The van der Waals surface area contributed by atoms with Crippen molar-refractivity contribution in [1.82, 2.24) is 10.2 Å². The predicted molar refractivity (Wildman–Crippen MR) is 56.2 cm³/mol. The van der Waals surface area contributed by atoms with Crippen LogP contribution in [-0.2, 0) is 4.74 Å². The molecule has 1 aromatic rings. The molecular weight excluding hydrogens is 198 g/mol. The second-order valence-electron chi connectivity index (χ2n) is 3.91. The van der Waals surface area contributed by atoms with Gasteiger partial charge in [-0.25, -0.2) is 0 Å². The fourth-order valence-corrected chi connectivity index (χ4v) is 2.99. The minimum absolute atomic E-state index is 0.215. The zero-order valence-electron chi connectivity index (χ0n) is 8.60. The third-order valence-corrected chi connectivity index (χ3v) is 3.84. The van der Waals surface area contributed by atoms with Gasteiger partial charge >= 0.3 is 0 Å². The van der Waals surface area contributed by atoms with E-state index in [0.717, 1.165) is 5.01 Å². The summed E-state index contributed by atoms with van der Waals surface area (Å²) in [6.45, 7) is 6.38. The van der Waals surface area contributed by atoms with Crippen LogP contribution in [0.15, 0.2) is 0 Å². The number of nitrogens with two attached hydrogens (primary N) is 1. The average Bonchev–Trinajstić information content (AvgIpc) is 2.60. The van der Waals surface area contributed by atoms with Crippen molar-refractivity contribution in [1.29, 1.82) is 0 Å². The van der Waals surface area contributed by atoms with Gasteiger partial charge in [0.25, 0.3) is 0 Å². The summed E-state index contributed by atoms with van der Waals surface area (Å²) in [5.74, 6) is 0.831. The maximum Gasteiger partial charge on any atom is 0.203 e. The van der Waals surface area contributed by atoms with E-state index in [1.807, 2.05) is 0 Å². The Morgan fingerprint density at radius 3 is 2.36 bits per heavy atom. The van der Waals surface area contributed by atoms with Gasteiger partial charge in [-0.3, -0.25) is 0 Å². The van der Waals surface area contributed by atoms with Crippen molar-refractivity contribution in [3.63, 3.8) is 0 Å². The molecule has 0 saturated carbocycles. The second-order valence-corrected chi connectivity index (χ2v) is 4.95. The SMILES string of the molecule is CC1OC(C)C(c2nnc(N)s2)C1C. The molecule has 2 rings (SSSR count). The van der Waals surface area contributed by atoms with Crippen molar-refractivity contribution in [2.45, 2.75) is 38.9 Å². The van der Waals surface area contributed by atoms with Crippen molar-refractivity contribution in [2.75, 3.05) is 5.73 Å². The number of rotatable bonds is 1. The third kappa shape index (κ3) is 1.50. The number of ether oxygens (including phenoxy) is 1. The molecule has 2 heterocycles. The molecule has 14 heavy (non-hydrogen) atoms. The van der Waals surface area contributed by atoms with Crippen LogP contribution in [0.3, 0.4) is 0 Å². The number of aromatic nitrogens is 2. The molecule has 0 radical (unpaired) electrons. The topological polar surface area (TPSA) is 61.0 Å². The Labute approximate surface area is 87.5 Å². The smallest absolute Gasteiger partial charge is 0.203 e. The summed E-state index contributed by atoms with van der Waals surface area (Å²) in [7, 11) is 0. The van der Waals surface area contributed by atoms with Crippen LogP contribution in [0, 0.1) is 5.92 Å². The molecule has 0 aromatic carbocycles. The lowest BCUT2D eigenvalue weighted by Gasteiger charge is -2.14. The molecule has 0 aliphatic carbocycles. The highest BCUT2D eigenvalue weighted by atomic mass is 32.1. The van der Waals surface area contributed by atoms with E-state index in [9.17, 15) is 0 Å². The summed E-state index contributed by atoms with van der Waals surface area (Å²) in [5.41, 5.74) is 5.58. The van der Waals surface area contributed by atoms with Crippen LogP contribution in [0.4, 0.5) is 5.13 Å². The Balaban J connectivity index is 2.25. The molecule has 2 N–H and O–H groups in total. The monoisotopic (exact) mass is 213 g/mol. The zero-order valence-corrected chi connectivity index (χ0v) is 9.41. The summed E-state index contributed by atoms with van der Waals surface area (Å²) in [6.07, 6.45) is 0.507. The van der Waals surface area contributed by atoms with Crippen molar-refractivity contribution in [3.05, 3.63) is 5.01 Å². The first kappa shape index (κ1) is 9.86. The maximum absolute atomic E-state index is 5.75. The van der Waals surface area contributed by atoms with E-state index >= 15 is 0 Å². The Hall–Kier alpha value is -0.680. The molecule has 1 saturated heterocycles. The predicted octanol–water partition coefficient (Wildman–Crippen LogP) is 1.65. The molecule has 0 amide bonds. The highest BCUT2D eigenvalue weighted by Crippen LogP contribution is 2.40. The highest BCUT2D eigenvalue weighted by molar-refractivity contribution is 7.15. The largest absolute Gasteiger partial charge is 0.375 e. The molecule has 78 valence electrons. The highest BCUT2D eigenvalue weighted by Gasteiger charge is 2.39. The van der Waals surface area contributed by atoms with E-state index in [1.165, 1.54) is 11.3 Å². The van der Waals surface area contributed by atoms with Crippen LogP contribution < -0.4 is 5.73 Å². The van der Waals surface area contributed by atoms with Gasteiger partial charge in [0.2, 0.25) is 5.13 Å². The van der Waals surface area contributed by atoms with Crippen LogP contribution in [0.5, 0.6) is 0 Å². The number of nitrogens with zero attached hydrogens (tertiary/aromatic N) is 2. The van der Waals surface area contributed by atoms with Gasteiger partial charge in [-0.15, -0.1) is 10.2 Å². The van der Waals surface area contributed by atoms with Gasteiger partial charge in [-0.2, -0.15) is 0 Å².